The van der Waals surface area contributed by atoms with Crippen molar-refractivity contribution in [1.29, 1.82) is 0 Å². The summed E-state index contributed by atoms with van der Waals surface area (Å²) < 4.78 is 0. The predicted octanol–water partition coefficient (Wildman–Crippen LogP) is 15.0. The Morgan fingerprint density at radius 3 is 1.56 bits per heavy atom. The lowest BCUT2D eigenvalue weighted by atomic mass is 9.67. The smallest absolute Gasteiger partial charge is 0.160 e. The van der Waals surface area contributed by atoms with E-state index in [-0.39, 0.29) is 0 Å². The standard InChI is InChI=1S/C59H38N2/c1-5-20-40(21-6-1)55-47-30-15-16-31-48(47)57(56-45-28-14-13-19-39(45)33-35-49(55)56)54-38-53(60-58(61-54)41-22-7-2-8-23-41)42-34-36-52-50(37-42)46-29-17-18-32-51(46)59(52,43-24-9-3-10-25-43)44-26-11-4-12-27-44/h1-38H. The van der Waals surface area contributed by atoms with Gasteiger partial charge in [0.25, 0.3) is 0 Å². The van der Waals surface area contributed by atoms with Crippen LogP contribution in [0.4, 0.5) is 0 Å². The first-order valence-electron chi connectivity index (χ1n) is 21.0. The Morgan fingerprint density at radius 2 is 0.852 bits per heavy atom. The summed E-state index contributed by atoms with van der Waals surface area (Å²) in [6, 6.07) is 83.4. The van der Waals surface area contributed by atoms with Crippen LogP contribution in [-0.4, -0.2) is 9.97 Å². The third kappa shape index (κ3) is 5.43. The van der Waals surface area contributed by atoms with Gasteiger partial charge in [0.15, 0.2) is 5.82 Å². The van der Waals surface area contributed by atoms with E-state index in [0.717, 1.165) is 33.5 Å². The molecular weight excluding hydrogens is 737 g/mol. The zero-order valence-corrected chi connectivity index (χ0v) is 33.3. The zero-order valence-electron chi connectivity index (χ0n) is 33.3. The third-order valence-corrected chi connectivity index (χ3v) is 12.7. The fraction of sp³-hybridized carbons (Fsp3) is 0.0169. The first-order valence-corrected chi connectivity index (χ1v) is 21.0. The Labute approximate surface area is 355 Å². The molecule has 0 aliphatic heterocycles. The number of nitrogens with zero attached hydrogens (tertiary/aromatic N) is 2. The summed E-state index contributed by atoms with van der Waals surface area (Å²) in [7, 11) is 0. The molecule has 0 amide bonds. The summed E-state index contributed by atoms with van der Waals surface area (Å²) in [6.07, 6.45) is 0. The third-order valence-electron chi connectivity index (χ3n) is 12.7. The van der Waals surface area contributed by atoms with Gasteiger partial charge in [-0.3, -0.25) is 0 Å². The molecule has 2 nitrogen and oxygen atoms in total. The summed E-state index contributed by atoms with van der Waals surface area (Å²) in [5.74, 6) is 0.696. The average molecular weight is 775 g/mol. The van der Waals surface area contributed by atoms with Gasteiger partial charge in [-0.25, -0.2) is 9.97 Å². The summed E-state index contributed by atoms with van der Waals surface area (Å²) in [5, 5.41) is 7.14. The summed E-state index contributed by atoms with van der Waals surface area (Å²) in [4.78, 5) is 10.9. The number of fused-ring (bicyclic) bond motifs is 7. The van der Waals surface area contributed by atoms with Crippen molar-refractivity contribution in [3.05, 3.63) is 253 Å². The van der Waals surface area contributed by atoms with Crippen LogP contribution in [0.5, 0.6) is 0 Å². The van der Waals surface area contributed by atoms with E-state index in [1.54, 1.807) is 0 Å². The quantitative estimate of drug-likeness (QED) is 0.124. The Morgan fingerprint density at radius 1 is 0.311 bits per heavy atom. The lowest BCUT2D eigenvalue weighted by Gasteiger charge is -2.33. The maximum Gasteiger partial charge on any atom is 0.160 e. The van der Waals surface area contributed by atoms with Crippen molar-refractivity contribution in [3.8, 4) is 56.2 Å². The molecule has 0 bridgehead atoms. The molecule has 0 unspecified atom stereocenters. The van der Waals surface area contributed by atoms with E-state index in [1.165, 1.54) is 71.4 Å². The Hall–Kier alpha value is -7.94. The van der Waals surface area contributed by atoms with Crippen LogP contribution in [0.1, 0.15) is 22.3 Å². The molecule has 1 heterocycles. The van der Waals surface area contributed by atoms with Crippen molar-refractivity contribution >= 4 is 32.3 Å². The number of hydrogen-bond donors (Lipinski definition) is 0. The molecule has 11 aromatic rings. The normalized spacial score (nSPS) is 12.7. The maximum atomic E-state index is 5.51. The van der Waals surface area contributed by atoms with Gasteiger partial charge >= 0.3 is 0 Å². The lowest BCUT2D eigenvalue weighted by molar-refractivity contribution is 0.768. The SMILES string of the molecule is c1ccc(-c2nc(-c3ccc4c(c3)-c3ccccc3C4(c3ccccc3)c3ccccc3)cc(-c3c4ccccc4c(-c4ccccc4)c4ccc5ccccc5c34)n2)cc1. The van der Waals surface area contributed by atoms with Crippen LogP contribution in [0.25, 0.3) is 88.5 Å². The van der Waals surface area contributed by atoms with Gasteiger partial charge in [0.1, 0.15) is 0 Å². The molecule has 0 fully saturated rings. The number of aromatic nitrogens is 2. The molecule has 61 heavy (non-hydrogen) atoms. The first-order chi connectivity index (χ1) is 30.3. The number of rotatable bonds is 6. The van der Waals surface area contributed by atoms with Crippen molar-refractivity contribution in [2.24, 2.45) is 0 Å². The van der Waals surface area contributed by atoms with Gasteiger partial charge in [-0.1, -0.05) is 218 Å². The predicted molar refractivity (Wildman–Crippen MR) is 254 cm³/mol. The van der Waals surface area contributed by atoms with E-state index < -0.39 is 5.41 Å². The lowest BCUT2D eigenvalue weighted by Crippen LogP contribution is -2.28. The van der Waals surface area contributed by atoms with Crippen molar-refractivity contribution in [2.45, 2.75) is 5.41 Å². The largest absolute Gasteiger partial charge is 0.228 e. The highest BCUT2D eigenvalue weighted by Crippen LogP contribution is 2.57. The second-order valence-corrected chi connectivity index (χ2v) is 16.0. The van der Waals surface area contributed by atoms with Crippen LogP contribution >= 0.6 is 0 Å². The van der Waals surface area contributed by atoms with E-state index in [9.17, 15) is 0 Å². The van der Waals surface area contributed by atoms with E-state index >= 15 is 0 Å². The second kappa shape index (κ2) is 14.1. The van der Waals surface area contributed by atoms with Crippen LogP contribution in [0.15, 0.2) is 231 Å². The molecule has 0 atom stereocenters. The fourth-order valence-corrected chi connectivity index (χ4v) is 10.2. The molecule has 0 saturated carbocycles. The summed E-state index contributed by atoms with van der Waals surface area (Å²) in [6.45, 7) is 0. The molecule has 0 radical (unpaired) electrons. The fourth-order valence-electron chi connectivity index (χ4n) is 10.2. The highest BCUT2D eigenvalue weighted by molar-refractivity contribution is 6.27. The van der Waals surface area contributed by atoms with E-state index in [4.69, 9.17) is 9.97 Å². The van der Waals surface area contributed by atoms with E-state index in [0.29, 0.717) is 5.82 Å². The molecule has 0 saturated heterocycles. The minimum Gasteiger partial charge on any atom is -0.228 e. The van der Waals surface area contributed by atoms with Gasteiger partial charge in [0.05, 0.1) is 16.8 Å². The molecule has 0 N–H and O–H groups in total. The molecule has 284 valence electrons. The number of hydrogen-bond acceptors (Lipinski definition) is 2. The van der Waals surface area contributed by atoms with E-state index in [2.05, 4.69) is 224 Å². The maximum absolute atomic E-state index is 5.51. The highest BCUT2D eigenvalue weighted by atomic mass is 14.9. The van der Waals surface area contributed by atoms with Gasteiger partial charge in [-0.05, 0) is 83.6 Å². The second-order valence-electron chi connectivity index (χ2n) is 16.0. The highest BCUT2D eigenvalue weighted by Gasteiger charge is 2.46. The van der Waals surface area contributed by atoms with Crippen molar-refractivity contribution < 1.29 is 0 Å². The minimum absolute atomic E-state index is 0.474. The molecule has 1 aliphatic carbocycles. The molecule has 2 heteroatoms. The van der Waals surface area contributed by atoms with Crippen molar-refractivity contribution in [2.75, 3.05) is 0 Å². The van der Waals surface area contributed by atoms with Crippen LogP contribution in [0.2, 0.25) is 0 Å². The van der Waals surface area contributed by atoms with Crippen molar-refractivity contribution in [1.82, 2.24) is 9.97 Å². The van der Waals surface area contributed by atoms with Crippen LogP contribution in [-0.2, 0) is 5.41 Å². The van der Waals surface area contributed by atoms with E-state index in [1.807, 2.05) is 6.07 Å². The summed E-state index contributed by atoms with van der Waals surface area (Å²) >= 11 is 0. The van der Waals surface area contributed by atoms with Gasteiger partial charge in [0.2, 0.25) is 0 Å². The first kappa shape index (κ1) is 35.0. The van der Waals surface area contributed by atoms with Gasteiger partial charge in [0, 0.05) is 22.1 Å². The summed E-state index contributed by atoms with van der Waals surface area (Å²) in [5.41, 5.74) is 14.4. The molecule has 10 aromatic carbocycles. The zero-order chi connectivity index (χ0) is 40.3. The Bertz CT molecular complexity index is 3410. The Kier molecular flexibility index (Phi) is 8.11. The van der Waals surface area contributed by atoms with Crippen LogP contribution in [0, 0.1) is 0 Å². The molecule has 0 spiro atoms. The van der Waals surface area contributed by atoms with Crippen LogP contribution in [0.3, 0.4) is 0 Å². The van der Waals surface area contributed by atoms with Crippen LogP contribution < -0.4 is 0 Å². The van der Waals surface area contributed by atoms with Gasteiger partial charge in [-0.2, -0.15) is 0 Å². The molecule has 12 rings (SSSR count). The molecule has 1 aliphatic rings. The Balaban J connectivity index is 1.16. The average Bonchev–Trinajstić information content (AvgIpc) is 3.64. The minimum atomic E-state index is -0.474. The van der Waals surface area contributed by atoms with Crippen molar-refractivity contribution in [3.63, 3.8) is 0 Å². The topological polar surface area (TPSA) is 25.8 Å². The molecular formula is C59H38N2. The molecule has 1 aromatic heterocycles. The monoisotopic (exact) mass is 774 g/mol. The number of benzene rings is 10. The van der Waals surface area contributed by atoms with Gasteiger partial charge in [-0.15, -0.1) is 0 Å². The van der Waals surface area contributed by atoms with Gasteiger partial charge < -0.3 is 0 Å².